The van der Waals surface area contributed by atoms with E-state index in [1.165, 1.54) is 4.31 Å². The molecule has 1 aromatic heterocycles. The number of sulfonamides is 1. The topological polar surface area (TPSA) is 56.8 Å². The summed E-state index contributed by atoms with van der Waals surface area (Å²) in [6.45, 7) is 4.18. The van der Waals surface area contributed by atoms with Crippen LogP contribution in [0.3, 0.4) is 0 Å². The molecule has 34 heavy (non-hydrogen) atoms. The van der Waals surface area contributed by atoms with Gasteiger partial charge >= 0.3 is 0 Å². The van der Waals surface area contributed by atoms with Gasteiger partial charge in [-0.1, -0.05) is 42.5 Å². The molecule has 0 radical (unpaired) electrons. The van der Waals surface area contributed by atoms with Crippen molar-refractivity contribution in [2.45, 2.75) is 11.4 Å². The fourth-order valence-electron chi connectivity index (χ4n) is 4.35. The molecule has 0 spiro atoms. The third-order valence-corrected chi connectivity index (χ3v) is 8.12. The first kappa shape index (κ1) is 22.4. The highest BCUT2D eigenvalue weighted by Crippen LogP contribution is 2.28. The minimum atomic E-state index is -3.82. The summed E-state index contributed by atoms with van der Waals surface area (Å²) < 4.78 is 29.2. The Morgan fingerprint density at radius 1 is 0.853 bits per heavy atom. The van der Waals surface area contributed by atoms with Gasteiger partial charge in [0.05, 0.1) is 23.3 Å². The molecule has 1 fully saturated rings. The van der Waals surface area contributed by atoms with Crippen molar-refractivity contribution in [3.05, 3.63) is 96.8 Å². The smallest absolute Gasteiger partial charge is 0.264 e. The Morgan fingerprint density at radius 3 is 2.41 bits per heavy atom. The summed E-state index contributed by atoms with van der Waals surface area (Å²) in [7, 11) is -1.68. The molecular formula is C27H28N4O2S. The summed E-state index contributed by atoms with van der Waals surface area (Å²) in [6, 6.07) is 24.8. The zero-order valence-electron chi connectivity index (χ0n) is 19.2. The number of hydrogen-bond acceptors (Lipinski definition) is 5. The summed E-state index contributed by atoms with van der Waals surface area (Å²) in [5, 5.41) is 1.90. The van der Waals surface area contributed by atoms with E-state index in [9.17, 15) is 8.42 Å². The fourth-order valence-corrected chi connectivity index (χ4v) is 5.83. The molecule has 5 rings (SSSR count). The van der Waals surface area contributed by atoms with Crippen LogP contribution in [-0.4, -0.2) is 51.5 Å². The monoisotopic (exact) mass is 472 g/mol. The summed E-state index contributed by atoms with van der Waals surface area (Å²) in [5.74, 6) is 0. The third-order valence-electron chi connectivity index (χ3n) is 6.35. The van der Waals surface area contributed by atoms with Gasteiger partial charge in [0.25, 0.3) is 10.0 Å². The number of piperazine rings is 1. The highest BCUT2D eigenvalue weighted by atomic mass is 32.2. The van der Waals surface area contributed by atoms with Gasteiger partial charge in [0.2, 0.25) is 0 Å². The first-order valence-electron chi connectivity index (χ1n) is 11.4. The van der Waals surface area contributed by atoms with Gasteiger partial charge in [0.15, 0.2) is 0 Å². The number of rotatable bonds is 6. The second kappa shape index (κ2) is 9.44. The molecule has 2 heterocycles. The van der Waals surface area contributed by atoms with E-state index in [0.29, 0.717) is 5.69 Å². The summed E-state index contributed by atoms with van der Waals surface area (Å²) in [5.41, 5.74) is 2.60. The Balaban J connectivity index is 1.50. The normalized spacial score (nSPS) is 14.9. The Labute approximate surface area is 201 Å². The lowest BCUT2D eigenvalue weighted by Crippen LogP contribution is -2.44. The second-order valence-electron chi connectivity index (χ2n) is 8.69. The van der Waals surface area contributed by atoms with Crippen molar-refractivity contribution in [2.75, 3.05) is 42.4 Å². The van der Waals surface area contributed by atoms with Crippen LogP contribution in [0.4, 0.5) is 11.4 Å². The Bertz CT molecular complexity index is 1380. The highest BCUT2D eigenvalue weighted by molar-refractivity contribution is 7.92. The molecule has 4 aromatic rings. The van der Waals surface area contributed by atoms with Gasteiger partial charge in [-0.15, -0.1) is 0 Å². The fraction of sp³-hybridized carbons (Fsp3) is 0.222. The third kappa shape index (κ3) is 4.62. The molecule has 7 heteroatoms. The van der Waals surface area contributed by atoms with Crippen LogP contribution < -0.4 is 9.21 Å². The van der Waals surface area contributed by atoms with Crippen LogP contribution in [0.15, 0.2) is 96.2 Å². The number of hydrogen-bond donors (Lipinski definition) is 0. The number of nitrogens with zero attached hydrogens (tertiary/aromatic N) is 4. The van der Waals surface area contributed by atoms with Crippen LogP contribution in [0.25, 0.3) is 10.8 Å². The van der Waals surface area contributed by atoms with Crippen LogP contribution in [0, 0.1) is 0 Å². The van der Waals surface area contributed by atoms with Crippen molar-refractivity contribution in [1.82, 2.24) is 9.88 Å². The van der Waals surface area contributed by atoms with E-state index >= 15 is 0 Å². The van der Waals surface area contributed by atoms with Crippen LogP contribution in [0.1, 0.15) is 5.56 Å². The maximum atomic E-state index is 13.9. The van der Waals surface area contributed by atoms with Crippen molar-refractivity contribution in [2.24, 2.45) is 0 Å². The summed E-state index contributed by atoms with van der Waals surface area (Å²) in [6.07, 6.45) is 3.25. The summed E-state index contributed by atoms with van der Waals surface area (Å²) in [4.78, 5) is 9.13. The predicted octanol–water partition coefficient (Wildman–Crippen LogP) is 4.38. The Kier molecular flexibility index (Phi) is 6.22. The molecule has 174 valence electrons. The number of fused-ring (bicyclic) bond motifs is 1. The predicted molar refractivity (Wildman–Crippen MR) is 138 cm³/mol. The molecule has 0 unspecified atom stereocenters. The van der Waals surface area contributed by atoms with Gasteiger partial charge < -0.3 is 9.80 Å². The lowest BCUT2D eigenvalue weighted by atomic mass is 10.1. The van der Waals surface area contributed by atoms with Gasteiger partial charge in [0, 0.05) is 38.1 Å². The molecule has 0 amide bonds. The quantitative estimate of drug-likeness (QED) is 0.417. The molecule has 3 aromatic carbocycles. The van der Waals surface area contributed by atoms with Crippen molar-refractivity contribution in [3.63, 3.8) is 0 Å². The molecule has 1 saturated heterocycles. The van der Waals surface area contributed by atoms with Gasteiger partial charge in [-0.05, 0) is 59.8 Å². The van der Waals surface area contributed by atoms with Crippen molar-refractivity contribution >= 4 is 32.2 Å². The average Bonchev–Trinajstić information content (AvgIpc) is 2.88. The first-order valence-corrected chi connectivity index (χ1v) is 12.9. The minimum absolute atomic E-state index is 0.225. The van der Waals surface area contributed by atoms with Crippen LogP contribution in [-0.2, 0) is 16.6 Å². The van der Waals surface area contributed by atoms with Gasteiger partial charge in [-0.3, -0.25) is 9.29 Å². The molecule has 0 atom stereocenters. The van der Waals surface area contributed by atoms with E-state index in [2.05, 4.69) is 34.0 Å². The van der Waals surface area contributed by atoms with Crippen molar-refractivity contribution < 1.29 is 8.42 Å². The Hall–Kier alpha value is -3.42. The number of likely N-dealkylation sites (N-methyl/N-ethyl adjacent to an activating group) is 1. The van der Waals surface area contributed by atoms with Crippen LogP contribution >= 0.6 is 0 Å². The van der Waals surface area contributed by atoms with Crippen LogP contribution in [0.5, 0.6) is 0 Å². The number of anilines is 2. The standard InChI is InChI=1S/C27H28N4O2S/c1-29-14-16-30(17-15-29)25-9-4-6-22(18-25)21-31(26-10-5-13-28-20-26)34(32,33)27-12-11-23-7-2-3-8-24(23)19-27/h2-13,18-20H,14-17,21H2,1H3. The highest BCUT2D eigenvalue weighted by Gasteiger charge is 2.26. The Morgan fingerprint density at radius 2 is 1.65 bits per heavy atom. The number of aromatic nitrogens is 1. The van der Waals surface area contributed by atoms with Gasteiger partial charge in [-0.2, -0.15) is 0 Å². The minimum Gasteiger partial charge on any atom is -0.369 e. The molecular weight excluding hydrogens is 444 g/mol. The second-order valence-corrected chi connectivity index (χ2v) is 10.6. The van der Waals surface area contributed by atoms with Crippen molar-refractivity contribution in [1.29, 1.82) is 0 Å². The average molecular weight is 473 g/mol. The lowest BCUT2D eigenvalue weighted by Gasteiger charge is -2.34. The number of benzene rings is 3. The van der Waals surface area contributed by atoms with E-state index < -0.39 is 10.0 Å². The molecule has 1 aliphatic rings. The van der Waals surface area contributed by atoms with E-state index in [1.807, 2.05) is 42.5 Å². The SMILES string of the molecule is CN1CCN(c2cccc(CN(c3cccnc3)S(=O)(=O)c3ccc4ccccc4c3)c2)CC1. The molecule has 6 nitrogen and oxygen atoms in total. The zero-order valence-corrected chi connectivity index (χ0v) is 20.0. The largest absolute Gasteiger partial charge is 0.369 e. The van der Waals surface area contributed by atoms with Gasteiger partial charge in [0.1, 0.15) is 0 Å². The molecule has 0 aliphatic carbocycles. The van der Waals surface area contributed by atoms with E-state index in [-0.39, 0.29) is 11.4 Å². The lowest BCUT2D eigenvalue weighted by molar-refractivity contribution is 0.313. The van der Waals surface area contributed by atoms with Crippen molar-refractivity contribution in [3.8, 4) is 0 Å². The van der Waals surface area contributed by atoms with E-state index in [0.717, 1.165) is 48.2 Å². The maximum absolute atomic E-state index is 13.9. The van der Waals surface area contributed by atoms with Crippen LogP contribution in [0.2, 0.25) is 0 Å². The molecule has 0 N–H and O–H groups in total. The first-order chi connectivity index (χ1) is 16.5. The maximum Gasteiger partial charge on any atom is 0.264 e. The van der Waals surface area contributed by atoms with E-state index in [4.69, 9.17) is 0 Å². The van der Waals surface area contributed by atoms with E-state index in [1.54, 1.807) is 36.7 Å². The summed E-state index contributed by atoms with van der Waals surface area (Å²) >= 11 is 0. The molecule has 0 saturated carbocycles. The molecule has 0 bridgehead atoms. The number of pyridine rings is 1. The van der Waals surface area contributed by atoms with Gasteiger partial charge in [-0.25, -0.2) is 8.42 Å². The molecule has 1 aliphatic heterocycles. The zero-order chi connectivity index (χ0) is 23.5.